The van der Waals surface area contributed by atoms with Gasteiger partial charge >= 0.3 is 6.09 Å². The number of methoxy groups -OCH3 is 1. The number of aromatic nitrogens is 1. The highest BCUT2D eigenvalue weighted by Gasteiger charge is 2.26. The summed E-state index contributed by atoms with van der Waals surface area (Å²) in [4.78, 5) is 20.8. The number of hydrogen-bond acceptors (Lipinski definition) is 8. The van der Waals surface area contributed by atoms with Crippen molar-refractivity contribution in [3.05, 3.63) is 54.3 Å². The van der Waals surface area contributed by atoms with Crippen LogP contribution in [-0.4, -0.2) is 84.5 Å². The highest BCUT2D eigenvalue weighted by atomic mass is 35.5. The van der Waals surface area contributed by atoms with Crippen molar-refractivity contribution in [3.63, 3.8) is 0 Å². The summed E-state index contributed by atoms with van der Waals surface area (Å²) >= 11 is 0. The molecule has 4 aromatic rings. The van der Waals surface area contributed by atoms with Crippen LogP contribution in [0.2, 0.25) is 0 Å². The van der Waals surface area contributed by atoms with Crippen molar-refractivity contribution in [2.75, 3.05) is 46.4 Å². The largest absolute Gasteiger partial charge is 0.493 e. The summed E-state index contributed by atoms with van der Waals surface area (Å²) in [5.41, 5.74) is 2.43. The average molecular weight is 650 g/mol. The Morgan fingerprint density at radius 1 is 1.02 bits per heavy atom. The molecule has 0 bridgehead atoms. The Hall–Kier alpha value is -3.15. The standard InChI is InChI=1S/C32H40N4O6.2ClH/c1-21-18-36(14-11-27(21)37)16-15-35-12-9-23(10-13-35)33-32(38)42-30-17-25-26(34-30)6-4-7-28(25)40-19-22-20-41-31-24(22)5-3-8-29(31)39-2;;/h3-8,17,20-21,23,27,34,37H,9-16,18-19H2,1-2H3,(H,33,38);2*1H/t21-,27-;;/m0../s1. The predicted molar refractivity (Wildman–Crippen MR) is 175 cm³/mol. The van der Waals surface area contributed by atoms with Crippen molar-refractivity contribution in [1.82, 2.24) is 20.1 Å². The Labute approximate surface area is 269 Å². The number of benzene rings is 2. The Bertz CT molecular complexity index is 1520. The fraction of sp³-hybridized carbons (Fsp3) is 0.469. The first kappa shape index (κ1) is 33.7. The average Bonchev–Trinajstić information content (AvgIpc) is 3.61. The van der Waals surface area contributed by atoms with Crippen LogP contribution in [0, 0.1) is 5.92 Å². The van der Waals surface area contributed by atoms with Gasteiger partial charge in [-0.15, -0.1) is 24.8 Å². The van der Waals surface area contributed by atoms with E-state index in [0.717, 1.165) is 80.4 Å². The first-order valence-corrected chi connectivity index (χ1v) is 14.9. The van der Waals surface area contributed by atoms with Gasteiger partial charge in [-0.05, 0) is 43.4 Å². The van der Waals surface area contributed by atoms with Crippen molar-refractivity contribution in [2.45, 2.75) is 44.9 Å². The number of furan rings is 1. The van der Waals surface area contributed by atoms with Crippen molar-refractivity contribution >= 4 is 52.8 Å². The summed E-state index contributed by atoms with van der Waals surface area (Å²) in [6.45, 7) is 8.31. The van der Waals surface area contributed by atoms with Gasteiger partial charge in [0, 0.05) is 67.7 Å². The number of carbonyl (C=O) groups is 1. The van der Waals surface area contributed by atoms with Crippen molar-refractivity contribution in [1.29, 1.82) is 0 Å². The maximum atomic E-state index is 12.7. The van der Waals surface area contributed by atoms with Gasteiger partial charge < -0.3 is 43.8 Å². The first-order chi connectivity index (χ1) is 20.5. The highest BCUT2D eigenvalue weighted by molar-refractivity contribution is 5.89. The Morgan fingerprint density at radius 3 is 2.52 bits per heavy atom. The van der Waals surface area contributed by atoms with Crippen LogP contribution < -0.4 is 19.5 Å². The van der Waals surface area contributed by atoms with E-state index in [0.29, 0.717) is 35.5 Å². The number of aliphatic hydroxyl groups excluding tert-OH is 1. The van der Waals surface area contributed by atoms with Gasteiger partial charge in [-0.2, -0.15) is 0 Å². The minimum Gasteiger partial charge on any atom is -0.493 e. The summed E-state index contributed by atoms with van der Waals surface area (Å²) < 4.78 is 22.9. The van der Waals surface area contributed by atoms with Gasteiger partial charge in [-0.1, -0.05) is 25.1 Å². The van der Waals surface area contributed by atoms with Gasteiger partial charge in [0.1, 0.15) is 12.4 Å². The number of amides is 1. The summed E-state index contributed by atoms with van der Waals surface area (Å²) in [5, 5.41) is 14.8. The number of piperidine rings is 2. The lowest BCUT2D eigenvalue weighted by atomic mass is 9.97. The number of nitrogens with zero attached hydrogens (tertiary/aromatic N) is 2. The Kier molecular flexibility index (Phi) is 11.7. The lowest BCUT2D eigenvalue weighted by molar-refractivity contribution is 0.0302. The maximum Gasteiger partial charge on any atom is 0.414 e. The van der Waals surface area contributed by atoms with E-state index in [-0.39, 0.29) is 37.0 Å². The molecule has 2 saturated heterocycles. The van der Waals surface area contributed by atoms with E-state index in [9.17, 15) is 9.90 Å². The van der Waals surface area contributed by atoms with E-state index in [2.05, 4.69) is 27.0 Å². The van der Waals surface area contributed by atoms with Crippen LogP contribution in [0.25, 0.3) is 21.9 Å². The van der Waals surface area contributed by atoms with Crippen LogP contribution >= 0.6 is 24.8 Å². The number of likely N-dealkylation sites (tertiary alicyclic amines) is 2. The van der Waals surface area contributed by atoms with Crippen molar-refractivity contribution < 1.29 is 28.5 Å². The maximum absolute atomic E-state index is 12.7. The molecule has 0 saturated carbocycles. The summed E-state index contributed by atoms with van der Waals surface area (Å²) in [6, 6.07) is 13.4. The van der Waals surface area contributed by atoms with Gasteiger partial charge in [0.15, 0.2) is 11.3 Å². The SMILES string of the molecule is COc1cccc2c(COc3cccc4[nH]c(OC(=O)NC5CCN(CCN6CC[C@H](O)[C@@H](C)C6)CC5)cc34)coc12.Cl.Cl. The lowest BCUT2D eigenvalue weighted by Gasteiger charge is -2.37. The molecule has 0 unspecified atom stereocenters. The molecule has 1 amide bonds. The van der Waals surface area contributed by atoms with E-state index < -0.39 is 6.09 Å². The number of carbonyl (C=O) groups excluding carboxylic acids is 1. The lowest BCUT2D eigenvalue weighted by Crippen LogP contribution is -2.48. The van der Waals surface area contributed by atoms with Crippen LogP contribution in [0.3, 0.4) is 0 Å². The molecule has 240 valence electrons. The second-order valence-electron chi connectivity index (χ2n) is 11.5. The fourth-order valence-electron chi connectivity index (χ4n) is 6.10. The van der Waals surface area contributed by atoms with Crippen molar-refractivity contribution in [3.8, 4) is 17.4 Å². The smallest absolute Gasteiger partial charge is 0.414 e. The quantitative estimate of drug-likeness (QED) is 0.215. The number of fused-ring (bicyclic) bond motifs is 2. The number of ether oxygens (including phenoxy) is 3. The summed E-state index contributed by atoms with van der Waals surface area (Å²) in [7, 11) is 1.62. The molecule has 2 aromatic carbocycles. The third-order valence-corrected chi connectivity index (χ3v) is 8.64. The highest BCUT2D eigenvalue weighted by Crippen LogP contribution is 2.33. The number of halogens is 2. The molecular weight excluding hydrogens is 607 g/mol. The number of aliphatic hydroxyl groups is 1. The molecule has 2 aliphatic heterocycles. The monoisotopic (exact) mass is 648 g/mol. The summed E-state index contributed by atoms with van der Waals surface area (Å²) in [6.07, 6.45) is 3.71. The van der Waals surface area contributed by atoms with Gasteiger partial charge in [0.05, 0.1) is 25.0 Å². The minimum atomic E-state index is -0.456. The third-order valence-electron chi connectivity index (χ3n) is 8.64. The second-order valence-corrected chi connectivity index (χ2v) is 11.5. The van der Waals surface area contributed by atoms with Gasteiger partial charge in [-0.25, -0.2) is 4.79 Å². The number of hydrogen-bond donors (Lipinski definition) is 3. The molecule has 6 rings (SSSR count). The van der Waals surface area contributed by atoms with Crippen LogP contribution in [0.1, 0.15) is 31.7 Å². The number of para-hydroxylation sites is 1. The molecule has 0 aliphatic carbocycles. The van der Waals surface area contributed by atoms with Crippen LogP contribution in [-0.2, 0) is 6.61 Å². The molecule has 2 aliphatic rings. The van der Waals surface area contributed by atoms with E-state index in [1.807, 2.05) is 36.4 Å². The van der Waals surface area contributed by atoms with E-state index >= 15 is 0 Å². The van der Waals surface area contributed by atoms with Crippen LogP contribution in [0.5, 0.6) is 17.4 Å². The molecule has 0 spiro atoms. The molecule has 3 N–H and O–H groups in total. The van der Waals surface area contributed by atoms with Gasteiger partial charge in [0.25, 0.3) is 0 Å². The normalized spacial score (nSPS) is 19.7. The molecule has 10 nitrogen and oxygen atoms in total. The topological polar surface area (TPSA) is 112 Å². The first-order valence-electron chi connectivity index (χ1n) is 14.9. The molecule has 2 fully saturated rings. The number of H-pyrrole nitrogens is 1. The molecule has 4 heterocycles. The van der Waals surface area contributed by atoms with Gasteiger partial charge in [-0.3, -0.25) is 0 Å². The molecule has 2 aromatic heterocycles. The zero-order chi connectivity index (χ0) is 29.1. The Balaban J connectivity index is 0.00000221. The summed E-state index contributed by atoms with van der Waals surface area (Å²) in [5.74, 6) is 2.07. The zero-order valence-electron chi connectivity index (χ0n) is 25.1. The van der Waals surface area contributed by atoms with Crippen molar-refractivity contribution in [2.24, 2.45) is 5.92 Å². The van der Waals surface area contributed by atoms with E-state index in [4.69, 9.17) is 18.6 Å². The number of rotatable bonds is 9. The van der Waals surface area contributed by atoms with E-state index in [1.165, 1.54) is 0 Å². The third kappa shape index (κ3) is 7.73. The predicted octanol–water partition coefficient (Wildman–Crippen LogP) is 5.60. The molecule has 12 heteroatoms. The number of aromatic amines is 1. The number of nitrogens with one attached hydrogen (secondary N) is 2. The fourth-order valence-corrected chi connectivity index (χ4v) is 6.10. The Morgan fingerprint density at radius 2 is 1.75 bits per heavy atom. The molecule has 44 heavy (non-hydrogen) atoms. The van der Waals surface area contributed by atoms with Crippen LogP contribution in [0.4, 0.5) is 4.79 Å². The minimum absolute atomic E-state index is 0. The molecular formula is C32H42Cl2N4O6. The van der Waals surface area contributed by atoms with Gasteiger partial charge in [0.2, 0.25) is 5.88 Å². The zero-order valence-corrected chi connectivity index (χ0v) is 26.8. The molecule has 0 radical (unpaired) electrons. The molecule has 2 atom stereocenters. The van der Waals surface area contributed by atoms with E-state index in [1.54, 1.807) is 19.4 Å². The van der Waals surface area contributed by atoms with Crippen LogP contribution in [0.15, 0.2) is 53.1 Å². The second kappa shape index (κ2) is 15.2.